The molecule has 2 unspecified atom stereocenters. The maximum Gasteiger partial charge on any atom is 0.326 e. The van der Waals surface area contributed by atoms with Crippen LogP contribution in [0.2, 0.25) is 0 Å². The van der Waals surface area contributed by atoms with E-state index in [0.29, 0.717) is 17.9 Å². The quantitative estimate of drug-likeness (QED) is 0.751. The molecule has 1 aromatic carbocycles. The summed E-state index contributed by atoms with van der Waals surface area (Å²) < 4.78 is 5.33. The van der Waals surface area contributed by atoms with Gasteiger partial charge in [0.25, 0.3) is 5.91 Å². The van der Waals surface area contributed by atoms with Crippen LogP contribution in [0.25, 0.3) is 0 Å². The Morgan fingerprint density at radius 3 is 2.78 bits per heavy atom. The minimum atomic E-state index is -0.999. The molecule has 2 N–H and O–H groups in total. The summed E-state index contributed by atoms with van der Waals surface area (Å²) in [6, 6.07) is 7.44. The van der Waals surface area contributed by atoms with Gasteiger partial charge in [-0.15, -0.1) is 11.8 Å². The van der Waals surface area contributed by atoms with Crippen molar-refractivity contribution in [1.29, 1.82) is 0 Å². The molecule has 2 fully saturated rings. The zero-order chi connectivity index (χ0) is 16.4. The molecule has 0 aromatic heterocycles. The van der Waals surface area contributed by atoms with E-state index in [4.69, 9.17) is 9.84 Å². The van der Waals surface area contributed by atoms with E-state index in [1.165, 1.54) is 16.7 Å². The number of benzene rings is 1. The number of carbonyl (C=O) groups is 3. The third-order valence-electron chi connectivity index (χ3n) is 3.81. The lowest BCUT2D eigenvalue weighted by atomic mass is 10.0. The fraction of sp³-hybridized carbons (Fsp3) is 0.400. The van der Waals surface area contributed by atoms with Gasteiger partial charge in [-0.05, 0) is 24.3 Å². The molecule has 0 bridgehead atoms. The predicted octanol–water partition coefficient (Wildman–Crippen LogP) is 0.309. The Kier molecular flexibility index (Phi) is 4.42. The minimum Gasteiger partial charge on any atom is -0.484 e. The largest absolute Gasteiger partial charge is 0.484 e. The summed E-state index contributed by atoms with van der Waals surface area (Å²) in [4.78, 5) is 36.6. The number of carboxylic acids is 1. The molecule has 0 radical (unpaired) electrons. The zero-order valence-corrected chi connectivity index (χ0v) is 13.0. The molecular formula is C15H16N2O5S. The van der Waals surface area contributed by atoms with E-state index in [0.717, 1.165) is 0 Å². The van der Waals surface area contributed by atoms with Crippen molar-refractivity contribution in [2.75, 3.05) is 12.4 Å². The molecule has 3 atom stereocenters. The number of hydrogen-bond acceptors (Lipinski definition) is 5. The van der Waals surface area contributed by atoms with Crippen LogP contribution in [0.4, 0.5) is 0 Å². The lowest BCUT2D eigenvalue weighted by Gasteiger charge is -2.51. The van der Waals surface area contributed by atoms with Crippen LogP contribution in [-0.4, -0.2) is 57.6 Å². The summed E-state index contributed by atoms with van der Waals surface area (Å²) in [6.45, 7) is -0.187. The van der Waals surface area contributed by atoms with Crippen LogP contribution >= 0.6 is 11.8 Å². The molecule has 2 heterocycles. The van der Waals surface area contributed by atoms with E-state index in [1.807, 2.05) is 6.07 Å². The molecule has 2 aliphatic heterocycles. The van der Waals surface area contributed by atoms with E-state index >= 15 is 0 Å². The third kappa shape index (κ3) is 3.12. The second kappa shape index (κ2) is 6.49. The topological polar surface area (TPSA) is 95.9 Å². The molecule has 2 aliphatic rings. The van der Waals surface area contributed by atoms with Crippen molar-refractivity contribution in [2.45, 2.75) is 23.9 Å². The molecule has 23 heavy (non-hydrogen) atoms. The number of carboxylic acid groups (broad SMARTS) is 1. The van der Waals surface area contributed by atoms with Gasteiger partial charge in [0.05, 0.1) is 0 Å². The summed E-state index contributed by atoms with van der Waals surface area (Å²) in [5, 5.41) is 11.5. The van der Waals surface area contributed by atoms with Gasteiger partial charge >= 0.3 is 5.97 Å². The molecule has 0 aliphatic carbocycles. The first-order valence-electron chi connectivity index (χ1n) is 7.22. The maximum absolute atomic E-state index is 12.1. The SMILES string of the molecule is O=C(COc1ccccc1)NC1C(=O)N2C(C(=O)O)CCS[C@H]12. The Hall–Kier alpha value is -2.22. The number of hydrogen-bond donors (Lipinski definition) is 2. The van der Waals surface area contributed by atoms with Crippen molar-refractivity contribution in [1.82, 2.24) is 10.2 Å². The first-order chi connectivity index (χ1) is 11.1. The van der Waals surface area contributed by atoms with Gasteiger partial charge in [0.2, 0.25) is 5.91 Å². The zero-order valence-electron chi connectivity index (χ0n) is 12.2. The van der Waals surface area contributed by atoms with E-state index in [-0.39, 0.29) is 17.9 Å². The van der Waals surface area contributed by atoms with Crippen molar-refractivity contribution >= 4 is 29.5 Å². The summed E-state index contributed by atoms with van der Waals surface area (Å²) in [5.74, 6) is -0.520. The van der Waals surface area contributed by atoms with Crippen LogP contribution in [0.15, 0.2) is 30.3 Å². The predicted molar refractivity (Wildman–Crippen MR) is 83.0 cm³/mol. The smallest absolute Gasteiger partial charge is 0.326 e. The Balaban J connectivity index is 1.54. The van der Waals surface area contributed by atoms with Gasteiger partial charge in [-0.3, -0.25) is 9.59 Å². The third-order valence-corrected chi connectivity index (χ3v) is 5.12. The fourth-order valence-electron chi connectivity index (χ4n) is 2.69. The standard InChI is InChI=1S/C15H16N2O5S/c18-11(8-22-9-4-2-1-3-5-9)16-12-13(19)17-10(15(20)21)6-7-23-14(12)17/h1-5,10,12,14H,6-8H2,(H,16,18)(H,20,21)/t10?,12?,14-/m1/s1. The highest BCUT2D eigenvalue weighted by molar-refractivity contribution is 8.00. The molecule has 122 valence electrons. The molecule has 7 nitrogen and oxygen atoms in total. The van der Waals surface area contributed by atoms with Gasteiger partial charge in [0.1, 0.15) is 23.2 Å². The highest BCUT2D eigenvalue weighted by Crippen LogP contribution is 2.37. The molecule has 0 saturated carbocycles. The van der Waals surface area contributed by atoms with E-state index in [2.05, 4.69) is 5.32 Å². The number of thioether (sulfide) groups is 1. The number of nitrogens with one attached hydrogen (secondary N) is 1. The van der Waals surface area contributed by atoms with E-state index < -0.39 is 24.0 Å². The lowest BCUT2D eigenvalue weighted by Crippen LogP contribution is -2.74. The highest BCUT2D eigenvalue weighted by atomic mass is 32.2. The Bertz CT molecular complexity index is 624. The van der Waals surface area contributed by atoms with E-state index in [9.17, 15) is 14.4 Å². The first kappa shape index (κ1) is 15.7. The number of fused-ring (bicyclic) bond motifs is 1. The van der Waals surface area contributed by atoms with Gasteiger partial charge < -0.3 is 20.1 Å². The molecular weight excluding hydrogens is 320 g/mol. The number of para-hydroxylation sites is 1. The molecule has 2 saturated heterocycles. The van der Waals surface area contributed by atoms with Crippen molar-refractivity contribution in [2.24, 2.45) is 0 Å². The summed E-state index contributed by atoms with van der Waals surface area (Å²) in [7, 11) is 0. The van der Waals surface area contributed by atoms with Gasteiger partial charge in [-0.2, -0.15) is 0 Å². The second-order valence-electron chi connectivity index (χ2n) is 5.30. The van der Waals surface area contributed by atoms with Gasteiger partial charge in [0, 0.05) is 0 Å². The second-order valence-corrected chi connectivity index (χ2v) is 6.52. The Morgan fingerprint density at radius 2 is 2.09 bits per heavy atom. The van der Waals surface area contributed by atoms with Crippen molar-refractivity contribution in [3.63, 3.8) is 0 Å². The van der Waals surface area contributed by atoms with Crippen LogP contribution in [0.3, 0.4) is 0 Å². The van der Waals surface area contributed by atoms with Crippen LogP contribution in [0.5, 0.6) is 5.75 Å². The lowest BCUT2D eigenvalue weighted by molar-refractivity contribution is -0.162. The average Bonchev–Trinajstić information content (AvgIpc) is 2.57. The monoisotopic (exact) mass is 336 g/mol. The van der Waals surface area contributed by atoms with Gasteiger partial charge in [0.15, 0.2) is 6.61 Å². The number of carbonyl (C=O) groups excluding carboxylic acids is 2. The number of nitrogens with zero attached hydrogens (tertiary/aromatic N) is 1. The van der Waals surface area contributed by atoms with Crippen LogP contribution < -0.4 is 10.1 Å². The molecule has 8 heteroatoms. The first-order valence-corrected chi connectivity index (χ1v) is 8.26. The highest BCUT2D eigenvalue weighted by Gasteiger charge is 2.55. The van der Waals surface area contributed by atoms with Gasteiger partial charge in [-0.1, -0.05) is 18.2 Å². The molecule has 0 spiro atoms. The number of ether oxygens (including phenoxy) is 1. The molecule has 2 amide bonds. The van der Waals surface area contributed by atoms with Crippen molar-refractivity contribution in [3.05, 3.63) is 30.3 Å². The average molecular weight is 336 g/mol. The summed E-state index contributed by atoms with van der Waals surface area (Å²) >= 11 is 1.49. The summed E-state index contributed by atoms with van der Waals surface area (Å²) in [6.07, 6.45) is 0.431. The molecule has 3 rings (SSSR count). The molecule has 1 aromatic rings. The number of aliphatic carboxylic acids is 1. The van der Waals surface area contributed by atoms with Crippen molar-refractivity contribution in [3.8, 4) is 5.75 Å². The van der Waals surface area contributed by atoms with Crippen LogP contribution in [-0.2, 0) is 14.4 Å². The number of amides is 2. The fourth-order valence-corrected chi connectivity index (χ4v) is 4.08. The van der Waals surface area contributed by atoms with E-state index in [1.54, 1.807) is 24.3 Å². The van der Waals surface area contributed by atoms with Crippen molar-refractivity contribution < 1.29 is 24.2 Å². The number of β-lactam (4-membered cyclic amide) rings is 1. The number of rotatable bonds is 5. The summed E-state index contributed by atoms with van der Waals surface area (Å²) in [5.41, 5.74) is 0. The van der Waals surface area contributed by atoms with Gasteiger partial charge in [-0.25, -0.2) is 4.79 Å². The Morgan fingerprint density at radius 1 is 1.35 bits per heavy atom. The van der Waals surface area contributed by atoms with Crippen LogP contribution in [0, 0.1) is 0 Å². The maximum atomic E-state index is 12.1. The minimum absolute atomic E-state index is 0.187. The van der Waals surface area contributed by atoms with Crippen LogP contribution in [0.1, 0.15) is 6.42 Å². The Labute approximate surface area is 137 Å². The normalized spacial score (nSPS) is 26.0.